The van der Waals surface area contributed by atoms with Crippen LogP contribution in [-0.4, -0.2) is 55.0 Å². The normalized spacial score (nSPS) is 13.2. The fourth-order valence-corrected chi connectivity index (χ4v) is 3.24. The standard InChI is InChI=1S/C25H30F2N2O8/c1-13(2)22(15(4)36-19-8-7-17(26)11-18(19)27)37-25(32)14(3)29-24(31)21-23(35-12-34-16(5)30)20(33-6)9-10-28-21/h7-11,13-15,22H,12H2,1-6H3,(H,29,31)/t14-,15-,22+/m0/s1. The predicted molar refractivity (Wildman–Crippen MR) is 126 cm³/mol. The minimum absolute atomic E-state index is 0.0901. The van der Waals surface area contributed by atoms with Crippen molar-refractivity contribution in [1.29, 1.82) is 0 Å². The third kappa shape index (κ3) is 8.29. The second-order valence-corrected chi connectivity index (χ2v) is 8.33. The quantitative estimate of drug-likeness (QED) is 0.329. The highest BCUT2D eigenvalue weighted by atomic mass is 19.1. The van der Waals surface area contributed by atoms with Crippen molar-refractivity contribution in [3.05, 3.63) is 47.8 Å². The second-order valence-electron chi connectivity index (χ2n) is 8.33. The summed E-state index contributed by atoms with van der Waals surface area (Å²) in [5, 5.41) is 2.47. The van der Waals surface area contributed by atoms with Crippen LogP contribution in [0, 0.1) is 17.6 Å². The summed E-state index contributed by atoms with van der Waals surface area (Å²) in [6.07, 6.45) is -0.320. The molecule has 0 aliphatic rings. The van der Waals surface area contributed by atoms with Gasteiger partial charge in [0, 0.05) is 25.3 Å². The van der Waals surface area contributed by atoms with Gasteiger partial charge in [-0.05, 0) is 31.9 Å². The summed E-state index contributed by atoms with van der Waals surface area (Å²) in [6, 6.07) is 3.20. The average Bonchev–Trinajstić information content (AvgIpc) is 2.83. The molecule has 1 heterocycles. The highest BCUT2D eigenvalue weighted by molar-refractivity contribution is 5.98. The smallest absolute Gasteiger partial charge is 0.328 e. The molecule has 1 aromatic carbocycles. The molecule has 1 N–H and O–H groups in total. The maximum Gasteiger partial charge on any atom is 0.328 e. The van der Waals surface area contributed by atoms with Gasteiger partial charge in [0.25, 0.3) is 5.91 Å². The van der Waals surface area contributed by atoms with Crippen molar-refractivity contribution in [1.82, 2.24) is 10.3 Å². The van der Waals surface area contributed by atoms with Gasteiger partial charge in [-0.2, -0.15) is 0 Å². The Bertz CT molecular complexity index is 1110. The number of nitrogens with zero attached hydrogens (tertiary/aromatic N) is 1. The van der Waals surface area contributed by atoms with E-state index in [-0.39, 0.29) is 28.9 Å². The summed E-state index contributed by atoms with van der Waals surface area (Å²) in [5.41, 5.74) is -0.213. The SMILES string of the molecule is COc1ccnc(C(=O)N[C@@H](C)C(=O)O[C@H](C(C)C)[C@H](C)Oc2ccc(F)cc2F)c1OCOC(C)=O. The van der Waals surface area contributed by atoms with E-state index in [2.05, 4.69) is 10.3 Å². The molecular formula is C25H30F2N2O8. The Morgan fingerprint density at radius 2 is 1.76 bits per heavy atom. The van der Waals surface area contributed by atoms with Crippen LogP contribution in [0.2, 0.25) is 0 Å². The molecule has 0 saturated carbocycles. The predicted octanol–water partition coefficient (Wildman–Crippen LogP) is 3.42. The van der Waals surface area contributed by atoms with Crippen molar-refractivity contribution in [3.8, 4) is 17.2 Å². The highest BCUT2D eigenvalue weighted by Crippen LogP contribution is 2.29. The molecule has 0 spiro atoms. The molecule has 1 amide bonds. The van der Waals surface area contributed by atoms with E-state index >= 15 is 0 Å². The number of carbonyl (C=O) groups excluding carboxylic acids is 3. The number of halogens is 2. The molecule has 2 rings (SSSR count). The number of nitrogens with one attached hydrogen (secondary N) is 1. The minimum atomic E-state index is -1.13. The van der Waals surface area contributed by atoms with E-state index in [1.807, 2.05) is 0 Å². The number of carbonyl (C=O) groups is 3. The molecule has 10 nitrogen and oxygen atoms in total. The monoisotopic (exact) mass is 524 g/mol. The lowest BCUT2D eigenvalue weighted by atomic mass is 10.0. The van der Waals surface area contributed by atoms with E-state index < -0.39 is 54.5 Å². The Kier molecular flexibility index (Phi) is 10.6. The molecule has 0 bridgehead atoms. The number of rotatable bonds is 12. The summed E-state index contributed by atoms with van der Waals surface area (Å²) in [4.78, 5) is 40.7. The van der Waals surface area contributed by atoms with Crippen molar-refractivity contribution in [2.24, 2.45) is 5.92 Å². The summed E-state index contributed by atoms with van der Waals surface area (Å²) < 4.78 is 53.6. The summed E-state index contributed by atoms with van der Waals surface area (Å²) in [5.74, 6) is -4.17. The van der Waals surface area contributed by atoms with Gasteiger partial charge in [-0.25, -0.2) is 18.6 Å². The van der Waals surface area contributed by atoms with Gasteiger partial charge >= 0.3 is 11.9 Å². The van der Waals surface area contributed by atoms with Crippen LogP contribution >= 0.6 is 0 Å². The van der Waals surface area contributed by atoms with Gasteiger partial charge in [-0.1, -0.05) is 13.8 Å². The Hall–Kier alpha value is -3.96. The molecule has 0 radical (unpaired) electrons. The van der Waals surface area contributed by atoms with Crippen LogP contribution in [0.4, 0.5) is 8.78 Å². The van der Waals surface area contributed by atoms with Crippen molar-refractivity contribution in [2.45, 2.75) is 52.9 Å². The molecule has 37 heavy (non-hydrogen) atoms. The number of hydrogen-bond acceptors (Lipinski definition) is 9. The number of pyridine rings is 1. The van der Waals surface area contributed by atoms with Crippen LogP contribution in [0.1, 0.15) is 45.1 Å². The van der Waals surface area contributed by atoms with Crippen LogP contribution in [-0.2, 0) is 19.1 Å². The van der Waals surface area contributed by atoms with Crippen molar-refractivity contribution in [2.75, 3.05) is 13.9 Å². The van der Waals surface area contributed by atoms with Crippen LogP contribution in [0.25, 0.3) is 0 Å². The summed E-state index contributed by atoms with van der Waals surface area (Å²) in [7, 11) is 1.35. The molecule has 202 valence electrons. The zero-order valence-electron chi connectivity index (χ0n) is 21.4. The third-order valence-corrected chi connectivity index (χ3v) is 5.05. The van der Waals surface area contributed by atoms with Crippen molar-refractivity contribution >= 4 is 17.8 Å². The zero-order chi connectivity index (χ0) is 27.7. The Labute approximate surface area is 213 Å². The van der Waals surface area contributed by atoms with Gasteiger partial charge in [-0.3, -0.25) is 9.59 Å². The van der Waals surface area contributed by atoms with Crippen molar-refractivity contribution in [3.63, 3.8) is 0 Å². The molecule has 1 aromatic heterocycles. The molecule has 0 unspecified atom stereocenters. The van der Waals surface area contributed by atoms with E-state index in [0.29, 0.717) is 6.07 Å². The summed E-state index contributed by atoms with van der Waals surface area (Å²) in [6.45, 7) is 7.23. The van der Waals surface area contributed by atoms with Gasteiger partial charge < -0.3 is 29.0 Å². The number of benzene rings is 1. The number of ether oxygens (including phenoxy) is 5. The average molecular weight is 525 g/mol. The fourth-order valence-electron chi connectivity index (χ4n) is 3.24. The van der Waals surface area contributed by atoms with Gasteiger partial charge in [0.15, 0.2) is 28.8 Å². The Morgan fingerprint density at radius 3 is 2.35 bits per heavy atom. The number of aromatic nitrogens is 1. The first-order valence-electron chi connectivity index (χ1n) is 11.4. The first-order chi connectivity index (χ1) is 17.4. The first kappa shape index (κ1) is 29.3. The number of amides is 1. The minimum Gasteiger partial charge on any atom is -0.493 e. The van der Waals surface area contributed by atoms with Crippen LogP contribution in [0.5, 0.6) is 17.2 Å². The van der Waals surface area contributed by atoms with Crippen LogP contribution in [0.3, 0.4) is 0 Å². The number of hydrogen-bond donors (Lipinski definition) is 1. The van der Waals surface area contributed by atoms with Crippen LogP contribution < -0.4 is 19.5 Å². The van der Waals surface area contributed by atoms with Gasteiger partial charge in [-0.15, -0.1) is 0 Å². The second kappa shape index (κ2) is 13.4. The van der Waals surface area contributed by atoms with E-state index in [1.165, 1.54) is 33.2 Å². The van der Waals surface area contributed by atoms with Crippen LogP contribution in [0.15, 0.2) is 30.5 Å². The maximum atomic E-state index is 14.0. The molecule has 0 aliphatic carbocycles. The number of esters is 2. The molecule has 12 heteroatoms. The summed E-state index contributed by atoms with van der Waals surface area (Å²) >= 11 is 0. The molecule has 3 atom stereocenters. The lowest BCUT2D eigenvalue weighted by Gasteiger charge is -2.29. The zero-order valence-corrected chi connectivity index (χ0v) is 21.4. The Morgan fingerprint density at radius 1 is 1.05 bits per heavy atom. The number of methoxy groups -OCH3 is 1. The topological polar surface area (TPSA) is 122 Å². The maximum absolute atomic E-state index is 14.0. The highest BCUT2D eigenvalue weighted by Gasteiger charge is 2.31. The molecule has 0 fully saturated rings. The molecule has 2 aromatic rings. The molecular weight excluding hydrogens is 494 g/mol. The van der Waals surface area contributed by atoms with Gasteiger partial charge in [0.2, 0.25) is 6.79 Å². The van der Waals surface area contributed by atoms with Gasteiger partial charge in [0.1, 0.15) is 24.1 Å². The molecule has 0 aliphatic heterocycles. The van der Waals surface area contributed by atoms with E-state index in [9.17, 15) is 23.2 Å². The first-order valence-corrected chi connectivity index (χ1v) is 11.4. The van der Waals surface area contributed by atoms with E-state index in [4.69, 9.17) is 23.7 Å². The van der Waals surface area contributed by atoms with E-state index in [1.54, 1.807) is 20.8 Å². The largest absolute Gasteiger partial charge is 0.493 e. The van der Waals surface area contributed by atoms with Crippen molar-refractivity contribution < 1.29 is 46.8 Å². The van der Waals surface area contributed by atoms with Gasteiger partial charge in [0.05, 0.1) is 7.11 Å². The third-order valence-electron chi connectivity index (χ3n) is 5.05. The molecule has 0 saturated heterocycles. The Balaban J connectivity index is 2.10. The fraction of sp³-hybridized carbons (Fsp3) is 0.440. The lowest BCUT2D eigenvalue weighted by Crippen LogP contribution is -2.45. The lowest BCUT2D eigenvalue weighted by molar-refractivity contribution is -0.158. The van der Waals surface area contributed by atoms with E-state index in [0.717, 1.165) is 12.1 Å².